The van der Waals surface area contributed by atoms with E-state index in [1.807, 2.05) is 0 Å². The van der Waals surface area contributed by atoms with Gasteiger partial charge >= 0.3 is 5.97 Å². The molecule has 1 saturated carbocycles. The number of ether oxygens (including phenoxy) is 2. The third-order valence-electron chi connectivity index (χ3n) is 4.48. The molecule has 0 radical (unpaired) electrons. The van der Waals surface area contributed by atoms with Gasteiger partial charge in [0.2, 0.25) is 0 Å². The Hall–Kier alpha value is -1.97. The summed E-state index contributed by atoms with van der Waals surface area (Å²) in [5.74, 6) is -0.921. The van der Waals surface area contributed by atoms with Crippen molar-refractivity contribution in [2.45, 2.75) is 63.7 Å². The van der Waals surface area contributed by atoms with E-state index >= 15 is 0 Å². The van der Waals surface area contributed by atoms with Crippen LogP contribution < -0.4 is 10.1 Å². The van der Waals surface area contributed by atoms with Crippen LogP contribution in [0.4, 0.5) is 0 Å². The number of amides is 1. The molecule has 0 aromatic heterocycles. The quantitative estimate of drug-likeness (QED) is 0.712. The van der Waals surface area contributed by atoms with E-state index in [-0.39, 0.29) is 10.8 Å². The average molecular weight is 413 g/mol. The van der Waals surface area contributed by atoms with Crippen LogP contribution in [-0.2, 0) is 14.3 Å². The number of nitriles is 1. The second kappa shape index (κ2) is 9.29. The fourth-order valence-corrected chi connectivity index (χ4v) is 3.34. The predicted octanol–water partition coefficient (Wildman–Crippen LogP) is 4.04. The molecule has 1 aliphatic carbocycles. The Kier molecular flexibility index (Phi) is 7.34. The molecule has 1 fully saturated rings. The fourth-order valence-electron chi connectivity index (χ4n) is 2.89. The molecular weight excluding hydrogens is 391 g/mol. The van der Waals surface area contributed by atoms with Gasteiger partial charge in [0, 0.05) is 5.02 Å². The summed E-state index contributed by atoms with van der Waals surface area (Å²) in [4.78, 5) is 24.6. The Morgan fingerprint density at radius 2 is 1.85 bits per heavy atom. The van der Waals surface area contributed by atoms with Crippen molar-refractivity contribution in [2.75, 3.05) is 0 Å². The number of nitrogens with one attached hydrogen (secondary N) is 1. The summed E-state index contributed by atoms with van der Waals surface area (Å²) < 4.78 is 10.7. The van der Waals surface area contributed by atoms with E-state index in [2.05, 4.69) is 11.4 Å². The Bertz CT molecular complexity index is 742. The standard InChI is InChI=1S/C19H22Cl2N2O4/c1-12(17(24)23-19(11-22)8-4-3-5-9-19)27-18(25)13(2)26-16-7-6-14(20)10-15(16)21/h6-7,10,12-13H,3-5,8-9H2,1-2H3,(H,23,24)/t12-,13+/m1/s1. The number of esters is 1. The van der Waals surface area contributed by atoms with Crippen molar-refractivity contribution in [2.24, 2.45) is 0 Å². The molecule has 0 saturated heterocycles. The highest BCUT2D eigenvalue weighted by molar-refractivity contribution is 6.35. The molecule has 8 heteroatoms. The first-order valence-electron chi connectivity index (χ1n) is 8.82. The van der Waals surface area contributed by atoms with Crippen LogP contribution in [-0.4, -0.2) is 29.6 Å². The third kappa shape index (κ3) is 5.75. The lowest BCUT2D eigenvalue weighted by atomic mass is 9.83. The molecule has 1 aliphatic rings. The van der Waals surface area contributed by atoms with E-state index < -0.39 is 29.6 Å². The highest BCUT2D eigenvalue weighted by atomic mass is 35.5. The van der Waals surface area contributed by atoms with Gasteiger partial charge in [-0.2, -0.15) is 5.26 Å². The highest BCUT2D eigenvalue weighted by Gasteiger charge is 2.35. The largest absolute Gasteiger partial charge is 0.477 e. The van der Waals surface area contributed by atoms with Gasteiger partial charge in [0.15, 0.2) is 12.2 Å². The van der Waals surface area contributed by atoms with E-state index in [0.717, 1.165) is 19.3 Å². The Morgan fingerprint density at radius 3 is 2.44 bits per heavy atom. The van der Waals surface area contributed by atoms with Gasteiger partial charge in [-0.1, -0.05) is 42.5 Å². The zero-order valence-corrected chi connectivity index (χ0v) is 16.8. The van der Waals surface area contributed by atoms with Crippen LogP contribution >= 0.6 is 23.2 Å². The molecule has 6 nitrogen and oxygen atoms in total. The van der Waals surface area contributed by atoms with Crippen LogP contribution in [0.25, 0.3) is 0 Å². The SMILES string of the molecule is C[C@H](Oc1ccc(Cl)cc1Cl)C(=O)O[C@H](C)C(=O)NC1(C#N)CCCCC1. The molecule has 0 heterocycles. The van der Waals surface area contributed by atoms with Crippen molar-refractivity contribution in [1.29, 1.82) is 5.26 Å². The minimum Gasteiger partial charge on any atom is -0.477 e. The topological polar surface area (TPSA) is 88.4 Å². The normalized spacial score (nSPS) is 17.9. The Labute approximate surface area is 168 Å². The van der Waals surface area contributed by atoms with Crippen molar-refractivity contribution < 1.29 is 19.1 Å². The van der Waals surface area contributed by atoms with Gasteiger partial charge in [0.05, 0.1) is 11.1 Å². The molecule has 0 aliphatic heterocycles. The number of hydrogen-bond acceptors (Lipinski definition) is 5. The van der Waals surface area contributed by atoms with E-state index in [0.29, 0.717) is 17.9 Å². The van der Waals surface area contributed by atoms with Crippen LogP contribution in [0.1, 0.15) is 46.0 Å². The monoisotopic (exact) mass is 412 g/mol. The molecular formula is C19H22Cl2N2O4. The maximum atomic E-state index is 12.4. The first-order chi connectivity index (χ1) is 12.8. The molecule has 0 unspecified atom stereocenters. The van der Waals surface area contributed by atoms with Gasteiger partial charge in [0.1, 0.15) is 11.3 Å². The van der Waals surface area contributed by atoms with Crippen LogP contribution in [0.3, 0.4) is 0 Å². The summed E-state index contributed by atoms with van der Waals surface area (Å²) in [5.41, 5.74) is -0.880. The molecule has 0 spiro atoms. The van der Waals surface area contributed by atoms with Crippen molar-refractivity contribution in [3.8, 4) is 11.8 Å². The van der Waals surface area contributed by atoms with Gasteiger partial charge in [-0.25, -0.2) is 4.79 Å². The summed E-state index contributed by atoms with van der Waals surface area (Å²) in [6, 6.07) is 6.83. The van der Waals surface area contributed by atoms with Gasteiger partial charge in [-0.15, -0.1) is 0 Å². The highest BCUT2D eigenvalue weighted by Crippen LogP contribution is 2.29. The summed E-state index contributed by atoms with van der Waals surface area (Å²) in [5, 5.41) is 12.9. The van der Waals surface area contributed by atoms with Crippen molar-refractivity contribution in [3.63, 3.8) is 0 Å². The van der Waals surface area contributed by atoms with Crippen LogP contribution in [0.5, 0.6) is 5.75 Å². The molecule has 1 aromatic rings. The van der Waals surface area contributed by atoms with Crippen molar-refractivity contribution in [3.05, 3.63) is 28.2 Å². The molecule has 2 atom stereocenters. The van der Waals surface area contributed by atoms with Crippen LogP contribution in [0, 0.1) is 11.3 Å². The number of hydrogen-bond donors (Lipinski definition) is 1. The first-order valence-corrected chi connectivity index (χ1v) is 9.57. The number of carbonyl (C=O) groups excluding carboxylic acids is 2. The van der Waals surface area contributed by atoms with Gasteiger partial charge in [0.25, 0.3) is 5.91 Å². The molecule has 2 rings (SSSR count). The van der Waals surface area contributed by atoms with Crippen molar-refractivity contribution >= 4 is 35.1 Å². The lowest BCUT2D eigenvalue weighted by molar-refractivity contribution is -0.161. The second-order valence-electron chi connectivity index (χ2n) is 6.66. The number of rotatable bonds is 6. The van der Waals surface area contributed by atoms with E-state index in [1.165, 1.54) is 19.9 Å². The number of halogens is 2. The zero-order chi connectivity index (χ0) is 20.0. The minimum atomic E-state index is -1.05. The molecule has 0 bridgehead atoms. The van der Waals surface area contributed by atoms with E-state index in [1.54, 1.807) is 12.1 Å². The summed E-state index contributed by atoms with van der Waals surface area (Å²) in [6.07, 6.45) is 2.00. The summed E-state index contributed by atoms with van der Waals surface area (Å²) in [6.45, 7) is 2.96. The average Bonchev–Trinajstić information content (AvgIpc) is 2.64. The Morgan fingerprint density at radius 1 is 1.19 bits per heavy atom. The van der Waals surface area contributed by atoms with Crippen LogP contribution in [0.2, 0.25) is 10.0 Å². The van der Waals surface area contributed by atoms with E-state index in [9.17, 15) is 14.9 Å². The third-order valence-corrected chi connectivity index (χ3v) is 5.01. The predicted molar refractivity (Wildman–Crippen MR) is 102 cm³/mol. The molecule has 1 N–H and O–H groups in total. The molecule has 1 aromatic carbocycles. The summed E-state index contributed by atoms with van der Waals surface area (Å²) in [7, 11) is 0. The number of carbonyl (C=O) groups is 2. The van der Waals surface area contributed by atoms with Crippen LogP contribution in [0.15, 0.2) is 18.2 Å². The fraction of sp³-hybridized carbons (Fsp3) is 0.526. The first kappa shape index (κ1) is 21.3. The number of nitrogens with zero attached hydrogens (tertiary/aromatic N) is 1. The second-order valence-corrected chi connectivity index (χ2v) is 7.50. The Balaban J connectivity index is 1.91. The smallest absolute Gasteiger partial charge is 0.347 e. The van der Waals surface area contributed by atoms with Gasteiger partial charge < -0.3 is 14.8 Å². The lowest BCUT2D eigenvalue weighted by Gasteiger charge is -2.32. The van der Waals surface area contributed by atoms with E-state index in [4.69, 9.17) is 32.7 Å². The van der Waals surface area contributed by atoms with Gasteiger partial charge in [-0.05, 0) is 44.9 Å². The van der Waals surface area contributed by atoms with Gasteiger partial charge in [-0.3, -0.25) is 4.79 Å². The summed E-state index contributed by atoms with van der Waals surface area (Å²) >= 11 is 11.8. The minimum absolute atomic E-state index is 0.265. The lowest BCUT2D eigenvalue weighted by Crippen LogP contribution is -2.52. The molecule has 27 heavy (non-hydrogen) atoms. The molecule has 1 amide bonds. The maximum absolute atomic E-state index is 12.4. The zero-order valence-electron chi connectivity index (χ0n) is 15.3. The maximum Gasteiger partial charge on any atom is 0.347 e. The van der Waals surface area contributed by atoms with Crippen molar-refractivity contribution in [1.82, 2.24) is 5.32 Å². The molecule has 146 valence electrons. The number of benzene rings is 1.